The lowest BCUT2D eigenvalue weighted by atomic mass is 9.97. The number of benzene rings is 2. The first-order valence-electron chi connectivity index (χ1n) is 9.42. The predicted octanol–water partition coefficient (Wildman–Crippen LogP) is 2.97. The molecule has 1 N–H and O–H groups in total. The van der Waals surface area contributed by atoms with E-state index in [1.165, 1.54) is 4.31 Å². The van der Waals surface area contributed by atoms with Crippen molar-refractivity contribution in [2.45, 2.75) is 30.7 Å². The normalized spacial score (nSPS) is 19.0. The molecule has 1 amide bonds. The lowest BCUT2D eigenvalue weighted by Crippen LogP contribution is -2.45. The first kappa shape index (κ1) is 20.4. The van der Waals surface area contributed by atoms with Gasteiger partial charge in [0.1, 0.15) is 5.75 Å². The molecule has 2 aromatic carbocycles. The summed E-state index contributed by atoms with van der Waals surface area (Å²) in [4.78, 5) is 13.1. The highest BCUT2D eigenvalue weighted by Gasteiger charge is 2.33. The minimum atomic E-state index is -3.59. The van der Waals surface area contributed by atoms with Crippen molar-refractivity contribution in [2.75, 3.05) is 20.2 Å². The molecule has 0 aromatic heterocycles. The monoisotopic (exact) mass is 402 g/mol. The Morgan fingerprint density at radius 2 is 1.82 bits per heavy atom. The van der Waals surface area contributed by atoms with Crippen LogP contribution in [0.3, 0.4) is 0 Å². The summed E-state index contributed by atoms with van der Waals surface area (Å²) < 4.78 is 32.5. The van der Waals surface area contributed by atoms with Gasteiger partial charge in [-0.1, -0.05) is 36.4 Å². The highest BCUT2D eigenvalue weighted by molar-refractivity contribution is 7.89. The van der Waals surface area contributed by atoms with Gasteiger partial charge in [0.05, 0.1) is 24.0 Å². The van der Waals surface area contributed by atoms with Gasteiger partial charge in [-0.3, -0.25) is 4.79 Å². The van der Waals surface area contributed by atoms with Crippen LogP contribution in [-0.4, -0.2) is 38.8 Å². The molecule has 1 aliphatic rings. The first-order chi connectivity index (χ1) is 13.4. The second-order valence-corrected chi connectivity index (χ2v) is 8.93. The molecule has 0 aliphatic carbocycles. The second kappa shape index (κ2) is 8.75. The molecule has 150 valence electrons. The standard InChI is InChI=1S/C21H26N2O4S/c1-16(19-12-6-7-13-20(19)27-2)22-21(24)17-9-8-14-23(15-17)28(25,26)18-10-4-3-5-11-18/h3-7,10-13,16-17H,8-9,14-15H2,1-2H3,(H,22,24)/t16-,17+/m1/s1. The van der Waals surface area contributed by atoms with Crippen LogP contribution in [-0.2, 0) is 14.8 Å². The van der Waals surface area contributed by atoms with E-state index in [0.29, 0.717) is 25.1 Å². The molecule has 3 rings (SSSR count). The molecule has 1 aliphatic heterocycles. The van der Waals surface area contributed by atoms with Crippen LogP contribution in [0.2, 0.25) is 0 Å². The number of carbonyl (C=O) groups excluding carboxylic acids is 1. The van der Waals surface area contributed by atoms with E-state index in [2.05, 4.69) is 5.32 Å². The summed E-state index contributed by atoms with van der Waals surface area (Å²) in [5, 5.41) is 3.01. The number of sulfonamides is 1. The molecular weight excluding hydrogens is 376 g/mol. The Kier molecular flexibility index (Phi) is 6.36. The predicted molar refractivity (Wildman–Crippen MR) is 107 cm³/mol. The Bertz CT molecular complexity index is 915. The molecule has 0 bridgehead atoms. The number of piperidine rings is 1. The van der Waals surface area contributed by atoms with Crippen molar-refractivity contribution >= 4 is 15.9 Å². The van der Waals surface area contributed by atoms with Crippen LogP contribution < -0.4 is 10.1 Å². The van der Waals surface area contributed by atoms with Crippen molar-refractivity contribution < 1.29 is 17.9 Å². The lowest BCUT2D eigenvalue weighted by Gasteiger charge is -2.32. The van der Waals surface area contributed by atoms with Crippen LogP contribution in [0.25, 0.3) is 0 Å². The van der Waals surface area contributed by atoms with E-state index in [1.54, 1.807) is 37.4 Å². The van der Waals surface area contributed by atoms with Crippen LogP contribution in [0.4, 0.5) is 0 Å². The Hall–Kier alpha value is -2.38. The van der Waals surface area contributed by atoms with Crippen molar-refractivity contribution in [3.8, 4) is 5.75 Å². The number of carbonyl (C=O) groups is 1. The van der Waals surface area contributed by atoms with E-state index in [4.69, 9.17) is 4.74 Å². The third-order valence-corrected chi connectivity index (χ3v) is 6.98. The Morgan fingerprint density at radius 1 is 1.14 bits per heavy atom. The van der Waals surface area contributed by atoms with Gasteiger partial charge in [-0.05, 0) is 38.0 Å². The Morgan fingerprint density at radius 3 is 2.54 bits per heavy atom. The number of nitrogens with zero attached hydrogens (tertiary/aromatic N) is 1. The summed E-state index contributed by atoms with van der Waals surface area (Å²) in [5.41, 5.74) is 0.892. The van der Waals surface area contributed by atoms with E-state index in [9.17, 15) is 13.2 Å². The van der Waals surface area contributed by atoms with Crippen LogP contribution in [0.5, 0.6) is 5.75 Å². The molecule has 1 fully saturated rings. The number of hydrogen-bond acceptors (Lipinski definition) is 4. The molecule has 0 unspecified atom stereocenters. The summed E-state index contributed by atoms with van der Waals surface area (Å²) in [6.45, 7) is 2.53. The zero-order valence-electron chi connectivity index (χ0n) is 16.2. The number of amides is 1. The van der Waals surface area contributed by atoms with Gasteiger partial charge in [0.2, 0.25) is 15.9 Å². The smallest absolute Gasteiger partial charge is 0.243 e. The van der Waals surface area contributed by atoms with E-state index in [-0.39, 0.29) is 29.3 Å². The summed E-state index contributed by atoms with van der Waals surface area (Å²) in [7, 11) is -1.99. The van der Waals surface area contributed by atoms with Crippen LogP contribution in [0.1, 0.15) is 31.4 Å². The van der Waals surface area contributed by atoms with Crippen molar-refractivity contribution in [3.63, 3.8) is 0 Å². The van der Waals surface area contributed by atoms with E-state index >= 15 is 0 Å². The van der Waals surface area contributed by atoms with Gasteiger partial charge in [-0.2, -0.15) is 4.31 Å². The lowest BCUT2D eigenvalue weighted by molar-refractivity contribution is -0.126. The Labute approximate surface area is 166 Å². The number of ether oxygens (including phenoxy) is 1. The quantitative estimate of drug-likeness (QED) is 0.806. The number of para-hydroxylation sites is 1. The number of hydrogen-bond donors (Lipinski definition) is 1. The summed E-state index contributed by atoms with van der Waals surface area (Å²) in [6.07, 6.45) is 1.33. The van der Waals surface area contributed by atoms with Gasteiger partial charge in [-0.25, -0.2) is 8.42 Å². The molecule has 2 aromatic rings. The van der Waals surface area contributed by atoms with Gasteiger partial charge >= 0.3 is 0 Å². The zero-order valence-corrected chi connectivity index (χ0v) is 17.0. The minimum absolute atomic E-state index is 0.133. The zero-order chi connectivity index (χ0) is 20.1. The average molecular weight is 403 g/mol. The minimum Gasteiger partial charge on any atom is -0.496 e. The fourth-order valence-corrected chi connectivity index (χ4v) is 5.09. The fourth-order valence-electron chi connectivity index (χ4n) is 3.55. The highest BCUT2D eigenvalue weighted by atomic mass is 32.2. The first-order valence-corrected chi connectivity index (χ1v) is 10.9. The van der Waals surface area contributed by atoms with E-state index < -0.39 is 10.0 Å². The van der Waals surface area contributed by atoms with Gasteiger partial charge in [0.25, 0.3) is 0 Å². The van der Waals surface area contributed by atoms with Gasteiger partial charge < -0.3 is 10.1 Å². The van der Waals surface area contributed by atoms with E-state index in [1.807, 2.05) is 31.2 Å². The SMILES string of the molecule is COc1ccccc1[C@@H](C)NC(=O)[C@H]1CCCN(S(=O)(=O)c2ccccc2)C1. The maximum absolute atomic E-state index is 12.9. The molecule has 1 heterocycles. The van der Waals surface area contributed by atoms with Gasteiger partial charge in [0.15, 0.2) is 0 Å². The molecular formula is C21H26N2O4S. The molecule has 7 heteroatoms. The molecule has 1 saturated heterocycles. The Balaban J connectivity index is 1.69. The number of rotatable bonds is 6. The van der Waals surface area contributed by atoms with Crippen LogP contribution in [0.15, 0.2) is 59.5 Å². The second-order valence-electron chi connectivity index (χ2n) is 6.99. The van der Waals surface area contributed by atoms with Crippen molar-refractivity contribution in [2.24, 2.45) is 5.92 Å². The molecule has 2 atom stereocenters. The molecule has 0 spiro atoms. The van der Waals surface area contributed by atoms with Gasteiger partial charge in [0, 0.05) is 18.7 Å². The fraction of sp³-hybridized carbons (Fsp3) is 0.381. The molecule has 0 radical (unpaired) electrons. The van der Waals surface area contributed by atoms with Crippen molar-refractivity contribution in [3.05, 3.63) is 60.2 Å². The largest absolute Gasteiger partial charge is 0.496 e. The van der Waals surface area contributed by atoms with Crippen LogP contribution >= 0.6 is 0 Å². The highest BCUT2D eigenvalue weighted by Crippen LogP contribution is 2.27. The third kappa shape index (κ3) is 4.36. The van der Waals surface area contributed by atoms with Crippen LogP contribution in [0, 0.1) is 5.92 Å². The third-order valence-electron chi connectivity index (χ3n) is 5.10. The maximum atomic E-state index is 12.9. The molecule has 6 nitrogen and oxygen atoms in total. The molecule has 0 saturated carbocycles. The summed E-state index contributed by atoms with van der Waals surface area (Å²) in [5.74, 6) is 0.211. The maximum Gasteiger partial charge on any atom is 0.243 e. The van der Waals surface area contributed by atoms with E-state index in [0.717, 1.165) is 5.56 Å². The van der Waals surface area contributed by atoms with Gasteiger partial charge in [-0.15, -0.1) is 0 Å². The average Bonchev–Trinajstić information content (AvgIpc) is 2.74. The number of nitrogens with one attached hydrogen (secondary N) is 1. The summed E-state index contributed by atoms with van der Waals surface area (Å²) >= 11 is 0. The topological polar surface area (TPSA) is 75.7 Å². The van der Waals surface area contributed by atoms with Crippen molar-refractivity contribution in [1.29, 1.82) is 0 Å². The molecule has 28 heavy (non-hydrogen) atoms. The van der Waals surface area contributed by atoms with Crippen molar-refractivity contribution in [1.82, 2.24) is 9.62 Å². The summed E-state index contributed by atoms with van der Waals surface area (Å²) in [6, 6.07) is 15.7. The number of methoxy groups -OCH3 is 1.